The molecule has 1 aliphatic rings. The highest BCUT2D eigenvalue weighted by molar-refractivity contribution is 6.11. The van der Waals surface area contributed by atoms with Crippen molar-refractivity contribution < 1.29 is 32.2 Å². The summed E-state index contributed by atoms with van der Waals surface area (Å²) in [6.07, 6.45) is -3.22. The molecule has 4 rings (SSSR count). The summed E-state index contributed by atoms with van der Waals surface area (Å²) in [5, 5.41) is 10.1. The van der Waals surface area contributed by atoms with Crippen LogP contribution in [0.15, 0.2) is 54.7 Å². The smallest absolute Gasteiger partial charge is 0.422 e. The molecule has 1 aromatic heterocycles. The number of pyridine rings is 1. The molecular weight excluding hydrogens is 440 g/mol. The third kappa shape index (κ3) is 4.68. The molecule has 0 bridgehead atoms. The Morgan fingerprint density at radius 1 is 1.06 bits per heavy atom. The fourth-order valence-electron chi connectivity index (χ4n) is 3.69. The molecule has 1 aliphatic heterocycles. The Labute approximate surface area is 187 Å². The first-order chi connectivity index (χ1) is 15.4. The number of halogens is 4. The summed E-state index contributed by atoms with van der Waals surface area (Å²) in [5.41, 5.74) is 1.18. The van der Waals surface area contributed by atoms with Crippen LogP contribution >= 0.6 is 0 Å². The van der Waals surface area contributed by atoms with Gasteiger partial charge in [-0.1, -0.05) is 12.1 Å². The molecule has 0 aliphatic carbocycles. The maximum Gasteiger partial charge on any atom is 0.422 e. The third-order valence-corrected chi connectivity index (χ3v) is 5.32. The second-order valence-electron chi connectivity index (χ2n) is 8.23. The number of alkyl halides is 3. The zero-order valence-corrected chi connectivity index (χ0v) is 17.8. The van der Waals surface area contributed by atoms with E-state index in [1.807, 2.05) is 0 Å². The zero-order valence-electron chi connectivity index (χ0n) is 17.8. The first kappa shape index (κ1) is 22.7. The van der Waals surface area contributed by atoms with Gasteiger partial charge in [0.2, 0.25) is 0 Å². The van der Waals surface area contributed by atoms with Gasteiger partial charge in [-0.05, 0) is 55.8 Å². The zero-order chi connectivity index (χ0) is 24.0. The van der Waals surface area contributed by atoms with E-state index in [9.17, 15) is 27.5 Å². The fraction of sp³-hybridized carbons (Fsp3) is 0.250. The molecule has 9 heteroatoms. The van der Waals surface area contributed by atoms with Crippen molar-refractivity contribution in [3.05, 3.63) is 77.2 Å². The fourth-order valence-corrected chi connectivity index (χ4v) is 3.69. The average molecular weight is 460 g/mol. The molecule has 0 unspecified atom stereocenters. The molecule has 2 heterocycles. The van der Waals surface area contributed by atoms with Crippen LogP contribution in [-0.2, 0) is 12.1 Å². The standard InChI is InChI=1S/C24H20F4N2O3/c1-23(2,32)14-3-6-16(7-4-14)30-12-19-17(22(30)31)9-10-29-21(19)18-11-15(25)5-8-20(18)33-13-24(26,27)28/h3-11,32H,12-13H2,1-2H3. The summed E-state index contributed by atoms with van der Waals surface area (Å²) >= 11 is 0. The van der Waals surface area contributed by atoms with E-state index >= 15 is 0 Å². The summed E-state index contributed by atoms with van der Waals surface area (Å²) in [6, 6.07) is 11.5. The van der Waals surface area contributed by atoms with E-state index < -0.39 is 24.2 Å². The molecule has 0 spiro atoms. The van der Waals surface area contributed by atoms with Crippen molar-refractivity contribution in [2.75, 3.05) is 11.5 Å². The maximum atomic E-state index is 14.0. The van der Waals surface area contributed by atoms with Crippen LogP contribution in [0.1, 0.15) is 35.3 Å². The van der Waals surface area contributed by atoms with Gasteiger partial charge in [-0.15, -0.1) is 0 Å². The Balaban J connectivity index is 1.71. The molecule has 0 atom stereocenters. The highest BCUT2D eigenvalue weighted by Crippen LogP contribution is 2.38. The van der Waals surface area contributed by atoms with E-state index in [1.54, 1.807) is 38.1 Å². The number of rotatable bonds is 5. The quantitative estimate of drug-likeness (QED) is 0.531. The average Bonchev–Trinajstić information content (AvgIpc) is 3.08. The van der Waals surface area contributed by atoms with Crippen molar-refractivity contribution in [2.24, 2.45) is 0 Å². The van der Waals surface area contributed by atoms with Crippen molar-refractivity contribution in [2.45, 2.75) is 32.2 Å². The number of nitrogens with zero attached hydrogens (tertiary/aromatic N) is 2. The number of ether oxygens (including phenoxy) is 1. The van der Waals surface area contributed by atoms with Crippen molar-refractivity contribution in [1.82, 2.24) is 4.98 Å². The summed E-state index contributed by atoms with van der Waals surface area (Å²) < 4.78 is 57.0. The van der Waals surface area contributed by atoms with Gasteiger partial charge in [0.1, 0.15) is 11.6 Å². The molecule has 172 valence electrons. The van der Waals surface area contributed by atoms with Gasteiger partial charge in [-0.2, -0.15) is 13.2 Å². The predicted octanol–water partition coefficient (Wildman–Crippen LogP) is 5.22. The summed E-state index contributed by atoms with van der Waals surface area (Å²) in [7, 11) is 0. The highest BCUT2D eigenvalue weighted by atomic mass is 19.4. The van der Waals surface area contributed by atoms with Crippen LogP contribution in [0.25, 0.3) is 11.3 Å². The van der Waals surface area contributed by atoms with Crippen molar-refractivity contribution in [3.8, 4) is 17.0 Å². The van der Waals surface area contributed by atoms with E-state index in [-0.39, 0.29) is 29.5 Å². The minimum Gasteiger partial charge on any atom is -0.483 e. The number of aliphatic hydroxyl groups is 1. The Bertz CT molecular complexity index is 1200. The highest BCUT2D eigenvalue weighted by Gasteiger charge is 2.33. The molecule has 0 fully saturated rings. The second kappa shape index (κ2) is 8.15. The largest absolute Gasteiger partial charge is 0.483 e. The van der Waals surface area contributed by atoms with Crippen molar-refractivity contribution >= 4 is 11.6 Å². The first-order valence-electron chi connectivity index (χ1n) is 10.1. The number of anilines is 1. The number of amides is 1. The number of hydrogen-bond donors (Lipinski definition) is 1. The Morgan fingerprint density at radius 2 is 1.76 bits per heavy atom. The Hall–Kier alpha value is -3.46. The lowest BCUT2D eigenvalue weighted by atomic mass is 9.98. The lowest BCUT2D eigenvalue weighted by Gasteiger charge is -2.20. The van der Waals surface area contributed by atoms with E-state index in [2.05, 4.69) is 4.98 Å². The van der Waals surface area contributed by atoms with Crippen LogP contribution in [0.5, 0.6) is 5.75 Å². The number of hydrogen-bond acceptors (Lipinski definition) is 4. The van der Waals surface area contributed by atoms with E-state index in [4.69, 9.17) is 4.74 Å². The van der Waals surface area contributed by atoms with Gasteiger partial charge in [0.25, 0.3) is 5.91 Å². The van der Waals surface area contributed by atoms with Crippen molar-refractivity contribution in [1.29, 1.82) is 0 Å². The Kier molecular flexibility index (Phi) is 5.61. The lowest BCUT2D eigenvalue weighted by Crippen LogP contribution is -2.23. The van der Waals surface area contributed by atoms with Gasteiger partial charge >= 0.3 is 6.18 Å². The third-order valence-electron chi connectivity index (χ3n) is 5.32. The molecule has 33 heavy (non-hydrogen) atoms. The van der Waals surface area contributed by atoms with Gasteiger partial charge < -0.3 is 14.7 Å². The molecule has 5 nitrogen and oxygen atoms in total. The van der Waals surface area contributed by atoms with Crippen LogP contribution in [0, 0.1) is 5.82 Å². The van der Waals surface area contributed by atoms with Gasteiger partial charge in [0, 0.05) is 28.6 Å². The molecule has 0 radical (unpaired) electrons. The van der Waals surface area contributed by atoms with Crippen molar-refractivity contribution in [3.63, 3.8) is 0 Å². The van der Waals surface area contributed by atoms with Crippen LogP contribution in [0.4, 0.5) is 23.2 Å². The van der Waals surface area contributed by atoms with Gasteiger partial charge in [0.05, 0.1) is 17.8 Å². The summed E-state index contributed by atoms with van der Waals surface area (Å²) in [5.74, 6) is -1.18. The van der Waals surface area contributed by atoms with Gasteiger partial charge in [0.15, 0.2) is 6.61 Å². The van der Waals surface area contributed by atoms with Crippen LogP contribution < -0.4 is 9.64 Å². The molecule has 2 aromatic carbocycles. The number of aromatic nitrogens is 1. The van der Waals surface area contributed by atoms with Crippen LogP contribution in [-0.4, -0.2) is 28.8 Å². The molecule has 1 N–H and O–H groups in total. The van der Waals surface area contributed by atoms with E-state index in [0.29, 0.717) is 22.4 Å². The van der Waals surface area contributed by atoms with E-state index in [1.165, 1.54) is 17.2 Å². The molecule has 1 amide bonds. The molecular formula is C24H20F4N2O3. The molecule has 0 saturated heterocycles. The second-order valence-corrected chi connectivity index (χ2v) is 8.23. The first-order valence-corrected chi connectivity index (χ1v) is 10.1. The number of benzene rings is 2. The molecule has 0 saturated carbocycles. The SMILES string of the molecule is CC(C)(O)c1ccc(N2Cc3c(ccnc3-c3cc(F)ccc3OCC(F)(F)F)C2=O)cc1. The summed E-state index contributed by atoms with van der Waals surface area (Å²) in [4.78, 5) is 18.8. The minimum absolute atomic E-state index is 0.0307. The summed E-state index contributed by atoms with van der Waals surface area (Å²) in [6.45, 7) is 1.84. The minimum atomic E-state index is -4.57. The molecule has 3 aromatic rings. The monoisotopic (exact) mass is 460 g/mol. The van der Waals surface area contributed by atoms with Crippen LogP contribution in [0.3, 0.4) is 0 Å². The maximum absolute atomic E-state index is 14.0. The van der Waals surface area contributed by atoms with E-state index in [0.717, 1.165) is 18.2 Å². The number of fused-ring (bicyclic) bond motifs is 1. The van der Waals surface area contributed by atoms with Gasteiger partial charge in [-0.3, -0.25) is 9.78 Å². The number of carbonyl (C=O) groups excluding carboxylic acids is 1. The topological polar surface area (TPSA) is 62.7 Å². The normalized spacial score (nSPS) is 13.9. The van der Waals surface area contributed by atoms with Gasteiger partial charge in [-0.25, -0.2) is 4.39 Å². The van der Waals surface area contributed by atoms with Crippen LogP contribution in [0.2, 0.25) is 0 Å². The number of carbonyl (C=O) groups is 1. The Morgan fingerprint density at radius 3 is 2.39 bits per heavy atom. The predicted molar refractivity (Wildman–Crippen MR) is 113 cm³/mol. The lowest BCUT2D eigenvalue weighted by molar-refractivity contribution is -0.153.